The molecule has 4 nitrogen and oxygen atoms in total. The standard InChI is InChI=1S/C15H13N3OS/c1-10-6-14(19)18-15(17-10)20-9-12-8-16-7-11-4-2-3-5-13(11)12/h2-8H,9H2,1H3,(H,17,18,19). The lowest BCUT2D eigenvalue weighted by molar-refractivity contribution is 0.905. The average molecular weight is 283 g/mol. The fourth-order valence-corrected chi connectivity index (χ4v) is 2.96. The van der Waals surface area contributed by atoms with Gasteiger partial charge in [-0.2, -0.15) is 0 Å². The quantitative estimate of drug-likeness (QED) is 0.593. The molecule has 3 aromatic rings. The minimum Gasteiger partial charge on any atom is -0.301 e. The minimum atomic E-state index is -0.115. The first kappa shape index (κ1) is 12.9. The van der Waals surface area contributed by atoms with Crippen LogP contribution in [0.2, 0.25) is 0 Å². The molecule has 0 aliphatic carbocycles. The van der Waals surface area contributed by atoms with E-state index in [1.165, 1.54) is 23.2 Å². The molecule has 0 saturated heterocycles. The molecule has 0 spiro atoms. The van der Waals surface area contributed by atoms with Crippen LogP contribution < -0.4 is 5.56 Å². The lowest BCUT2D eigenvalue weighted by atomic mass is 10.1. The molecule has 0 atom stereocenters. The fourth-order valence-electron chi connectivity index (χ4n) is 2.06. The lowest BCUT2D eigenvalue weighted by Gasteiger charge is -2.05. The summed E-state index contributed by atoms with van der Waals surface area (Å²) in [4.78, 5) is 22.7. The average Bonchev–Trinajstić information content (AvgIpc) is 2.44. The van der Waals surface area contributed by atoms with E-state index in [-0.39, 0.29) is 5.56 Å². The van der Waals surface area contributed by atoms with E-state index < -0.39 is 0 Å². The van der Waals surface area contributed by atoms with E-state index in [0.29, 0.717) is 5.16 Å². The maximum atomic E-state index is 11.4. The van der Waals surface area contributed by atoms with Gasteiger partial charge >= 0.3 is 0 Å². The zero-order valence-electron chi connectivity index (χ0n) is 11.0. The van der Waals surface area contributed by atoms with Gasteiger partial charge in [-0.25, -0.2) is 4.98 Å². The van der Waals surface area contributed by atoms with Gasteiger partial charge in [-0.3, -0.25) is 9.78 Å². The number of hydrogen-bond acceptors (Lipinski definition) is 4. The Hall–Kier alpha value is -2.14. The smallest absolute Gasteiger partial charge is 0.251 e. The highest BCUT2D eigenvalue weighted by molar-refractivity contribution is 7.98. The van der Waals surface area contributed by atoms with Crippen molar-refractivity contribution in [3.8, 4) is 0 Å². The van der Waals surface area contributed by atoms with Gasteiger partial charge in [-0.05, 0) is 17.9 Å². The predicted molar refractivity (Wildman–Crippen MR) is 80.9 cm³/mol. The van der Waals surface area contributed by atoms with Gasteiger partial charge in [0, 0.05) is 35.3 Å². The van der Waals surface area contributed by atoms with Crippen molar-refractivity contribution in [3.05, 3.63) is 64.3 Å². The molecule has 0 radical (unpaired) electrons. The number of aryl methyl sites for hydroxylation is 1. The van der Waals surface area contributed by atoms with Gasteiger partial charge in [-0.1, -0.05) is 36.0 Å². The Labute approximate surface area is 120 Å². The first-order chi connectivity index (χ1) is 9.72. The number of hydrogen-bond donors (Lipinski definition) is 1. The Balaban J connectivity index is 1.88. The summed E-state index contributed by atoms with van der Waals surface area (Å²) >= 11 is 1.51. The number of nitrogens with zero attached hydrogens (tertiary/aromatic N) is 2. The molecule has 3 rings (SSSR count). The number of thioether (sulfide) groups is 1. The zero-order chi connectivity index (χ0) is 13.9. The van der Waals surface area contributed by atoms with Crippen LogP contribution in [0.3, 0.4) is 0 Å². The SMILES string of the molecule is Cc1cc(=O)[nH]c(SCc2cncc3ccccc23)n1. The topological polar surface area (TPSA) is 58.6 Å². The summed E-state index contributed by atoms with van der Waals surface area (Å²) in [6.45, 7) is 1.82. The van der Waals surface area contributed by atoms with E-state index in [2.05, 4.69) is 21.0 Å². The van der Waals surface area contributed by atoms with Crippen molar-refractivity contribution in [3.63, 3.8) is 0 Å². The minimum absolute atomic E-state index is 0.115. The number of nitrogens with one attached hydrogen (secondary N) is 1. The van der Waals surface area contributed by atoms with Gasteiger partial charge in [0.15, 0.2) is 5.16 Å². The Morgan fingerprint density at radius 1 is 1.25 bits per heavy atom. The van der Waals surface area contributed by atoms with Crippen molar-refractivity contribution >= 4 is 22.5 Å². The lowest BCUT2D eigenvalue weighted by Crippen LogP contribution is -2.08. The van der Waals surface area contributed by atoms with E-state index in [9.17, 15) is 4.79 Å². The largest absolute Gasteiger partial charge is 0.301 e. The number of pyridine rings is 1. The number of H-pyrrole nitrogens is 1. The second kappa shape index (κ2) is 5.46. The Kier molecular flexibility index (Phi) is 3.52. The Morgan fingerprint density at radius 3 is 2.95 bits per heavy atom. The van der Waals surface area contributed by atoms with Crippen molar-refractivity contribution in [2.24, 2.45) is 0 Å². The molecule has 100 valence electrons. The molecule has 1 N–H and O–H groups in total. The molecule has 5 heteroatoms. The van der Waals surface area contributed by atoms with Gasteiger partial charge in [0.1, 0.15) is 0 Å². The first-order valence-corrected chi connectivity index (χ1v) is 7.23. The molecule has 2 heterocycles. The van der Waals surface area contributed by atoms with E-state index in [0.717, 1.165) is 22.4 Å². The first-order valence-electron chi connectivity index (χ1n) is 6.25. The van der Waals surface area contributed by atoms with Crippen molar-refractivity contribution in [1.29, 1.82) is 0 Å². The highest BCUT2D eigenvalue weighted by atomic mass is 32.2. The summed E-state index contributed by atoms with van der Waals surface area (Å²) in [5.41, 5.74) is 1.75. The highest BCUT2D eigenvalue weighted by Gasteiger charge is 2.04. The van der Waals surface area contributed by atoms with Crippen LogP contribution in [0.25, 0.3) is 10.8 Å². The highest BCUT2D eigenvalue weighted by Crippen LogP contribution is 2.24. The van der Waals surface area contributed by atoms with Crippen LogP contribution in [0.5, 0.6) is 0 Å². The Morgan fingerprint density at radius 2 is 2.10 bits per heavy atom. The second-order valence-corrected chi connectivity index (χ2v) is 5.46. The van der Waals surface area contributed by atoms with Gasteiger partial charge in [0.05, 0.1) is 0 Å². The summed E-state index contributed by atoms with van der Waals surface area (Å²) in [6, 6.07) is 9.63. The fraction of sp³-hybridized carbons (Fsp3) is 0.133. The molecule has 2 aromatic heterocycles. The van der Waals surface area contributed by atoms with Crippen molar-refractivity contribution in [2.75, 3.05) is 0 Å². The third-order valence-electron chi connectivity index (χ3n) is 2.96. The second-order valence-electron chi connectivity index (χ2n) is 4.50. The summed E-state index contributed by atoms with van der Waals surface area (Å²) < 4.78 is 0. The van der Waals surface area contributed by atoms with Crippen molar-refractivity contribution < 1.29 is 0 Å². The third kappa shape index (κ3) is 2.72. The van der Waals surface area contributed by atoms with E-state index in [1.54, 1.807) is 0 Å². The number of rotatable bonds is 3. The number of fused-ring (bicyclic) bond motifs is 1. The van der Waals surface area contributed by atoms with E-state index in [4.69, 9.17) is 0 Å². The maximum absolute atomic E-state index is 11.4. The van der Waals surface area contributed by atoms with Gasteiger partial charge in [0.25, 0.3) is 5.56 Å². The number of benzene rings is 1. The van der Waals surface area contributed by atoms with Crippen LogP contribution in [0.1, 0.15) is 11.3 Å². The molecule has 0 unspecified atom stereocenters. The molecule has 0 bridgehead atoms. The predicted octanol–water partition coefficient (Wildman–Crippen LogP) is 2.92. The molecule has 0 saturated carbocycles. The van der Waals surface area contributed by atoms with Crippen LogP contribution in [-0.2, 0) is 5.75 Å². The van der Waals surface area contributed by atoms with Crippen LogP contribution in [0, 0.1) is 6.92 Å². The summed E-state index contributed by atoms with van der Waals surface area (Å²) in [5, 5.41) is 2.95. The monoisotopic (exact) mass is 283 g/mol. The van der Waals surface area contributed by atoms with E-state index >= 15 is 0 Å². The van der Waals surface area contributed by atoms with Crippen LogP contribution in [0.4, 0.5) is 0 Å². The molecule has 0 aliphatic heterocycles. The third-order valence-corrected chi connectivity index (χ3v) is 3.89. The van der Waals surface area contributed by atoms with Crippen LogP contribution in [0.15, 0.2) is 52.7 Å². The van der Waals surface area contributed by atoms with Crippen LogP contribution in [-0.4, -0.2) is 15.0 Å². The molecule has 0 fully saturated rings. The summed E-state index contributed by atoms with van der Waals surface area (Å²) in [6.07, 6.45) is 3.72. The Bertz CT molecular complexity index is 808. The van der Waals surface area contributed by atoms with Gasteiger partial charge < -0.3 is 4.98 Å². The maximum Gasteiger partial charge on any atom is 0.251 e. The molecule has 0 amide bonds. The van der Waals surface area contributed by atoms with Crippen molar-refractivity contribution in [1.82, 2.24) is 15.0 Å². The molecule has 20 heavy (non-hydrogen) atoms. The van der Waals surface area contributed by atoms with E-state index in [1.807, 2.05) is 37.5 Å². The molecule has 1 aromatic carbocycles. The normalized spacial score (nSPS) is 10.8. The number of aromatic amines is 1. The van der Waals surface area contributed by atoms with Gasteiger partial charge in [0.2, 0.25) is 0 Å². The molecular formula is C15H13N3OS. The van der Waals surface area contributed by atoms with Gasteiger partial charge in [-0.15, -0.1) is 0 Å². The zero-order valence-corrected chi connectivity index (χ0v) is 11.8. The number of aromatic nitrogens is 3. The molecule has 0 aliphatic rings. The van der Waals surface area contributed by atoms with Crippen molar-refractivity contribution in [2.45, 2.75) is 17.8 Å². The molecular weight excluding hydrogens is 270 g/mol. The summed E-state index contributed by atoms with van der Waals surface area (Å²) in [5.74, 6) is 0.723. The summed E-state index contributed by atoms with van der Waals surface area (Å²) in [7, 11) is 0. The van der Waals surface area contributed by atoms with Crippen LogP contribution >= 0.6 is 11.8 Å².